The van der Waals surface area contributed by atoms with Gasteiger partial charge in [0.05, 0.1) is 0 Å². The van der Waals surface area contributed by atoms with Crippen molar-refractivity contribution in [3.8, 4) is 0 Å². The van der Waals surface area contributed by atoms with Crippen molar-refractivity contribution in [1.29, 1.82) is 0 Å². The lowest BCUT2D eigenvalue weighted by molar-refractivity contribution is 1.52. The van der Waals surface area contributed by atoms with E-state index in [1.54, 1.807) is 0 Å². The van der Waals surface area contributed by atoms with Crippen LogP contribution in [0.4, 0.5) is 0 Å². The molecule has 0 saturated heterocycles. The Morgan fingerprint density at radius 2 is 0.815 bits per heavy atom. The first-order chi connectivity index (χ1) is 13.3. The predicted octanol–water partition coefficient (Wildman–Crippen LogP) is 7.79. The Labute approximate surface area is 156 Å². The first-order valence-corrected chi connectivity index (χ1v) is 9.55. The molecule has 0 radical (unpaired) electrons. The Bertz CT molecular complexity index is 1670. The monoisotopic (exact) mass is 340 g/mol. The van der Waals surface area contributed by atoms with Gasteiger partial charge < -0.3 is 0 Å². The Balaban J connectivity index is 1.98. The third-order valence-corrected chi connectivity index (χ3v) is 6.39. The maximum atomic E-state index is 2.35. The summed E-state index contributed by atoms with van der Waals surface area (Å²) in [6.07, 6.45) is 0. The topological polar surface area (TPSA) is 0 Å². The maximum absolute atomic E-state index is 2.35. The molecule has 0 N–H and O–H groups in total. The molecule has 0 amide bonds. The summed E-state index contributed by atoms with van der Waals surface area (Å²) in [5.41, 5.74) is 1.32. The van der Waals surface area contributed by atoms with Crippen molar-refractivity contribution in [1.82, 2.24) is 0 Å². The van der Waals surface area contributed by atoms with Gasteiger partial charge in [-0.3, -0.25) is 0 Å². The van der Waals surface area contributed by atoms with E-state index in [2.05, 4.69) is 85.8 Å². The van der Waals surface area contributed by atoms with Gasteiger partial charge in [-0.2, -0.15) is 0 Å². The minimum absolute atomic E-state index is 1.32. The molecule has 0 aliphatic rings. The zero-order valence-corrected chi connectivity index (χ0v) is 15.0. The van der Waals surface area contributed by atoms with E-state index in [1.165, 1.54) is 70.2 Å². The van der Waals surface area contributed by atoms with Crippen LogP contribution in [0, 0.1) is 6.92 Å². The first-order valence-electron chi connectivity index (χ1n) is 9.55. The fraction of sp³-hybridized carbons (Fsp3) is 0.0370. The van der Waals surface area contributed by atoms with Crippen molar-refractivity contribution in [2.24, 2.45) is 0 Å². The molecule has 0 saturated carbocycles. The summed E-state index contributed by atoms with van der Waals surface area (Å²) >= 11 is 0. The van der Waals surface area contributed by atoms with Gasteiger partial charge in [0.2, 0.25) is 0 Å². The number of aryl methyl sites for hydroxylation is 1. The van der Waals surface area contributed by atoms with Crippen LogP contribution in [-0.4, -0.2) is 0 Å². The van der Waals surface area contributed by atoms with Crippen molar-refractivity contribution in [2.75, 3.05) is 0 Å². The highest BCUT2D eigenvalue weighted by Gasteiger charge is 2.20. The van der Waals surface area contributed by atoms with Gasteiger partial charge in [-0.25, -0.2) is 0 Å². The van der Waals surface area contributed by atoms with Gasteiger partial charge in [-0.15, -0.1) is 0 Å². The molecule has 0 aliphatic heterocycles. The van der Waals surface area contributed by atoms with Gasteiger partial charge in [0, 0.05) is 0 Å². The van der Waals surface area contributed by atoms with Gasteiger partial charge in [0.1, 0.15) is 0 Å². The Kier molecular flexibility index (Phi) is 2.28. The highest BCUT2D eigenvalue weighted by molar-refractivity contribution is 6.47. The van der Waals surface area contributed by atoms with E-state index >= 15 is 0 Å². The second-order valence-electron chi connectivity index (χ2n) is 7.80. The molecule has 0 bridgehead atoms. The second-order valence-corrected chi connectivity index (χ2v) is 7.80. The summed E-state index contributed by atoms with van der Waals surface area (Å²) < 4.78 is 0. The standard InChI is InChI=1S/C27H16/c1-15-12-13-20-23(14-15)19-9-5-11-21-24-17-7-3-2-6-16(17)18-8-4-10-22(25(18)24)27(20)26(19)21/h2-14H,1H3. The van der Waals surface area contributed by atoms with Crippen LogP contribution in [-0.2, 0) is 0 Å². The maximum Gasteiger partial charge on any atom is -0.00137 e. The van der Waals surface area contributed by atoms with Crippen LogP contribution in [0.2, 0.25) is 0 Å². The lowest BCUT2D eigenvalue weighted by atomic mass is 9.95. The SMILES string of the molecule is Cc1ccc2c(c1)c1cccc3c4c5ccccc5c5cccc(c54)c2c13. The van der Waals surface area contributed by atoms with Crippen LogP contribution >= 0.6 is 0 Å². The smallest absolute Gasteiger partial charge is 0.00137 e. The molecule has 7 rings (SSSR count). The van der Waals surface area contributed by atoms with E-state index in [4.69, 9.17) is 0 Å². The Morgan fingerprint density at radius 3 is 1.44 bits per heavy atom. The second kappa shape index (κ2) is 4.47. The molecule has 124 valence electrons. The predicted molar refractivity (Wildman–Crippen MR) is 119 cm³/mol. The number of fused-ring (bicyclic) bond motifs is 8. The lowest BCUT2D eigenvalue weighted by Crippen LogP contribution is -1.79. The van der Waals surface area contributed by atoms with Crippen LogP contribution in [0.1, 0.15) is 5.56 Å². The van der Waals surface area contributed by atoms with Crippen molar-refractivity contribution in [3.05, 3.63) is 84.4 Å². The van der Waals surface area contributed by atoms with Gasteiger partial charge in [0.25, 0.3) is 0 Å². The number of hydrogen-bond acceptors (Lipinski definition) is 0. The number of hydrogen-bond donors (Lipinski definition) is 0. The summed E-state index contributed by atoms with van der Waals surface area (Å²) in [5, 5.41) is 16.7. The molecule has 7 aromatic rings. The normalized spacial score (nSPS) is 12.6. The van der Waals surface area contributed by atoms with Crippen molar-refractivity contribution < 1.29 is 0 Å². The average molecular weight is 340 g/mol. The van der Waals surface area contributed by atoms with Crippen LogP contribution in [0.3, 0.4) is 0 Å². The zero-order valence-electron chi connectivity index (χ0n) is 15.0. The first kappa shape index (κ1) is 13.8. The molecule has 0 aliphatic carbocycles. The molecule has 0 aromatic heterocycles. The summed E-state index contributed by atoms with van der Waals surface area (Å²) in [6, 6.07) is 29.4. The van der Waals surface area contributed by atoms with Crippen molar-refractivity contribution in [2.45, 2.75) is 6.92 Å². The third-order valence-electron chi connectivity index (χ3n) is 6.39. The van der Waals surface area contributed by atoms with Crippen LogP contribution in [0.25, 0.3) is 64.6 Å². The van der Waals surface area contributed by atoms with Gasteiger partial charge in [-0.1, -0.05) is 84.4 Å². The van der Waals surface area contributed by atoms with Crippen molar-refractivity contribution >= 4 is 64.6 Å². The van der Waals surface area contributed by atoms with E-state index in [1.807, 2.05) is 0 Å². The molecule has 0 unspecified atom stereocenters. The summed E-state index contributed by atoms with van der Waals surface area (Å²) in [4.78, 5) is 0. The summed E-state index contributed by atoms with van der Waals surface area (Å²) in [7, 11) is 0. The molecule has 0 nitrogen and oxygen atoms in total. The van der Waals surface area contributed by atoms with Crippen LogP contribution in [0.15, 0.2) is 78.9 Å². The molecule has 0 spiro atoms. The fourth-order valence-corrected chi connectivity index (χ4v) is 5.37. The van der Waals surface area contributed by atoms with E-state index in [9.17, 15) is 0 Å². The molecule has 7 aromatic carbocycles. The minimum Gasteiger partial charge on any atom is -0.0616 e. The summed E-state index contributed by atoms with van der Waals surface area (Å²) in [5.74, 6) is 0. The Morgan fingerprint density at radius 1 is 0.370 bits per heavy atom. The molecule has 0 heteroatoms. The molecule has 0 heterocycles. The quantitative estimate of drug-likeness (QED) is 0.247. The van der Waals surface area contributed by atoms with Gasteiger partial charge >= 0.3 is 0 Å². The number of rotatable bonds is 0. The molecular formula is C27H16. The molecular weight excluding hydrogens is 324 g/mol. The van der Waals surface area contributed by atoms with E-state index in [0.29, 0.717) is 0 Å². The zero-order chi connectivity index (χ0) is 17.7. The summed E-state index contributed by atoms with van der Waals surface area (Å²) in [6.45, 7) is 2.18. The minimum atomic E-state index is 1.32. The number of benzene rings is 5. The fourth-order valence-electron chi connectivity index (χ4n) is 5.37. The van der Waals surface area contributed by atoms with Gasteiger partial charge in [-0.05, 0) is 71.6 Å². The van der Waals surface area contributed by atoms with Gasteiger partial charge in [0.15, 0.2) is 0 Å². The van der Waals surface area contributed by atoms with E-state index in [-0.39, 0.29) is 0 Å². The van der Waals surface area contributed by atoms with Crippen molar-refractivity contribution in [3.63, 3.8) is 0 Å². The molecule has 27 heavy (non-hydrogen) atoms. The average Bonchev–Trinajstić information content (AvgIpc) is 3.21. The molecule has 0 atom stereocenters. The Hall–Kier alpha value is -3.38. The van der Waals surface area contributed by atoms with E-state index < -0.39 is 0 Å². The van der Waals surface area contributed by atoms with E-state index in [0.717, 1.165) is 0 Å². The highest BCUT2D eigenvalue weighted by Crippen LogP contribution is 2.49. The highest BCUT2D eigenvalue weighted by atomic mass is 14.2. The van der Waals surface area contributed by atoms with Crippen LogP contribution in [0.5, 0.6) is 0 Å². The third kappa shape index (κ3) is 1.48. The lowest BCUT2D eigenvalue weighted by Gasteiger charge is -2.07. The largest absolute Gasteiger partial charge is 0.0616 e. The molecule has 0 fully saturated rings. The van der Waals surface area contributed by atoms with Crippen LogP contribution < -0.4 is 0 Å².